The van der Waals surface area contributed by atoms with E-state index in [9.17, 15) is 15.2 Å². The van der Waals surface area contributed by atoms with Gasteiger partial charge in [-0.15, -0.1) is 0 Å². The van der Waals surface area contributed by atoms with E-state index in [1.54, 1.807) is 49.0 Å². The molecule has 3 aromatic rings. The van der Waals surface area contributed by atoms with Crippen LogP contribution in [0.3, 0.4) is 0 Å². The molecule has 0 saturated carbocycles. The van der Waals surface area contributed by atoms with Crippen LogP contribution in [-0.4, -0.2) is 38.9 Å². The zero-order valence-corrected chi connectivity index (χ0v) is 24.8. The van der Waals surface area contributed by atoms with Gasteiger partial charge in [-0.05, 0) is 61.1 Å². The van der Waals surface area contributed by atoms with Crippen molar-refractivity contribution in [3.05, 3.63) is 82.0 Å². The molecular weight excluding hydrogens is 549 g/mol. The van der Waals surface area contributed by atoms with Crippen molar-refractivity contribution in [3.8, 4) is 6.07 Å². The van der Waals surface area contributed by atoms with Gasteiger partial charge in [0.25, 0.3) is 0 Å². The molecule has 0 aliphatic carbocycles. The highest BCUT2D eigenvalue weighted by atomic mass is 35.5. The SMILES string of the molecule is CC(C)(C)C[C@@H]1N[C@H](OC(=O)Nc2ccn(CC(C)(C)O)n2)[C@H](c2cccc(Cl)c2)[C@@]1(C#N)c1ccc(Cl)cc1. The summed E-state index contributed by atoms with van der Waals surface area (Å²) in [6.07, 6.45) is 0.705. The summed E-state index contributed by atoms with van der Waals surface area (Å²) in [6, 6.07) is 18.4. The number of nitriles is 1. The number of rotatable bonds is 7. The molecule has 0 unspecified atom stereocenters. The van der Waals surface area contributed by atoms with Crippen LogP contribution >= 0.6 is 23.2 Å². The summed E-state index contributed by atoms with van der Waals surface area (Å²) in [6.45, 7) is 9.93. The fourth-order valence-electron chi connectivity index (χ4n) is 5.43. The predicted octanol–water partition coefficient (Wildman–Crippen LogP) is 6.49. The fraction of sp³-hybridized carbons (Fsp3) is 0.433. The van der Waals surface area contributed by atoms with Crippen LogP contribution in [0.15, 0.2) is 60.8 Å². The zero-order valence-electron chi connectivity index (χ0n) is 23.3. The van der Waals surface area contributed by atoms with Crippen LogP contribution < -0.4 is 10.6 Å². The second-order valence-electron chi connectivity index (χ2n) is 12.2. The third-order valence-electron chi connectivity index (χ3n) is 6.89. The molecule has 40 heavy (non-hydrogen) atoms. The molecule has 1 aliphatic rings. The number of benzene rings is 2. The number of nitrogens with zero attached hydrogens (tertiary/aromatic N) is 3. The topological polar surface area (TPSA) is 112 Å². The predicted molar refractivity (Wildman–Crippen MR) is 156 cm³/mol. The summed E-state index contributed by atoms with van der Waals surface area (Å²) in [5.74, 6) is -0.315. The van der Waals surface area contributed by atoms with Gasteiger partial charge in [-0.1, -0.05) is 68.2 Å². The Morgan fingerprint density at radius 3 is 2.45 bits per heavy atom. The molecule has 1 aliphatic heterocycles. The normalized spacial score (nSPS) is 23.0. The Hall–Kier alpha value is -3.09. The maximum atomic E-state index is 13.2. The molecule has 4 atom stereocenters. The van der Waals surface area contributed by atoms with E-state index in [0.717, 1.165) is 11.1 Å². The Morgan fingerprint density at radius 2 is 1.85 bits per heavy atom. The maximum absolute atomic E-state index is 13.2. The quantitative estimate of drug-likeness (QED) is 0.293. The number of hydrogen-bond acceptors (Lipinski definition) is 6. The number of amides is 1. The first-order chi connectivity index (χ1) is 18.7. The molecule has 2 aromatic carbocycles. The molecule has 2 heterocycles. The average molecular weight is 585 g/mol. The number of carbonyl (C=O) groups is 1. The van der Waals surface area contributed by atoms with Crippen LogP contribution in [0.5, 0.6) is 0 Å². The number of nitrogens with one attached hydrogen (secondary N) is 2. The lowest BCUT2D eigenvalue weighted by Gasteiger charge is -2.37. The Bertz CT molecular complexity index is 1390. The number of anilines is 1. The molecule has 3 N–H and O–H groups in total. The van der Waals surface area contributed by atoms with E-state index >= 15 is 0 Å². The smallest absolute Gasteiger partial charge is 0.414 e. The Morgan fingerprint density at radius 1 is 1.15 bits per heavy atom. The molecule has 212 valence electrons. The van der Waals surface area contributed by atoms with Gasteiger partial charge in [0.2, 0.25) is 0 Å². The van der Waals surface area contributed by atoms with Crippen LogP contribution in [-0.2, 0) is 16.7 Å². The summed E-state index contributed by atoms with van der Waals surface area (Å²) in [7, 11) is 0. The first-order valence-electron chi connectivity index (χ1n) is 13.1. The van der Waals surface area contributed by atoms with E-state index < -0.39 is 29.3 Å². The molecule has 8 nitrogen and oxygen atoms in total. The molecule has 1 amide bonds. The minimum absolute atomic E-state index is 0.143. The molecular formula is C30H35Cl2N5O3. The van der Waals surface area contributed by atoms with Crippen molar-refractivity contribution in [3.63, 3.8) is 0 Å². The molecule has 4 rings (SSSR count). The standard InChI is InChI=1S/C30H35Cl2N5O3/c1-28(2,3)16-23-30(17-33,20-9-11-21(31)12-10-20)25(19-7-6-8-22(32)15-19)26(34-23)40-27(38)35-24-13-14-37(36-24)18-29(4,5)39/h6-15,23,25-26,34,39H,16,18H2,1-5H3,(H,35,36,38)/t23-,25-,26+,30-/m0/s1. The number of halogens is 2. The van der Waals surface area contributed by atoms with Gasteiger partial charge in [0.1, 0.15) is 5.41 Å². The van der Waals surface area contributed by atoms with Gasteiger partial charge in [-0.25, -0.2) is 4.79 Å². The van der Waals surface area contributed by atoms with Crippen molar-refractivity contribution in [2.45, 2.75) is 76.8 Å². The van der Waals surface area contributed by atoms with E-state index in [1.165, 1.54) is 0 Å². The molecule has 1 aromatic heterocycles. The Kier molecular flexibility index (Phi) is 8.53. The second kappa shape index (κ2) is 11.4. The second-order valence-corrected chi connectivity index (χ2v) is 13.0. The number of carbonyl (C=O) groups excluding carboxylic acids is 1. The molecule has 10 heteroatoms. The van der Waals surface area contributed by atoms with Gasteiger partial charge in [-0.3, -0.25) is 15.3 Å². The summed E-state index contributed by atoms with van der Waals surface area (Å²) >= 11 is 12.6. The van der Waals surface area contributed by atoms with Gasteiger partial charge < -0.3 is 9.84 Å². The Labute approximate surface area is 245 Å². The highest BCUT2D eigenvalue weighted by molar-refractivity contribution is 6.30. The minimum atomic E-state index is -1.11. The molecule has 1 fully saturated rings. The Balaban J connectivity index is 1.73. The first kappa shape index (κ1) is 29.9. The first-order valence-corrected chi connectivity index (χ1v) is 13.9. The van der Waals surface area contributed by atoms with Crippen molar-refractivity contribution in [1.82, 2.24) is 15.1 Å². The van der Waals surface area contributed by atoms with E-state index in [-0.39, 0.29) is 23.8 Å². The van der Waals surface area contributed by atoms with Gasteiger partial charge in [-0.2, -0.15) is 10.4 Å². The summed E-state index contributed by atoms with van der Waals surface area (Å²) < 4.78 is 7.54. The monoisotopic (exact) mass is 583 g/mol. The number of aromatic nitrogens is 2. The average Bonchev–Trinajstić information content (AvgIpc) is 3.38. The van der Waals surface area contributed by atoms with Gasteiger partial charge in [0, 0.05) is 28.4 Å². The van der Waals surface area contributed by atoms with E-state index in [2.05, 4.69) is 42.6 Å². The molecule has 1 saturated heterocycles. The lowest BCUT2D eigenvalue weighted by molar-refractivity contribution is 0.0578. The van der Waals surface area contributed by atoms with Crippen molar-refractivity contribution in [2.75, 3.05) is 5.32 Å². The van der Waals surface area contributed by atoms with E-state index in [4.69, 9.17) is 27.9 Å². The van der Waals surface area contributed by atoms with Gasteiger partial charge in [0.15, 0.2) is 12.0 Å². The van der Waals surface area contributed by atoms with Gasteiger partial charge >= 0.3 is 6.09 Å². The molecule has 0 spiro atoms. The summed E-state index contributed by atoms with van der Waals surface area (Å²) in [4.78, 5) is 13.2. The fourth-order valence-corrected chi connectivity index (χ4v) is 5.76. The van der Waals surface area contributed by atoms with Crippen LogP contribution in [0.4, 0.5) is 10.6 Å². The van der Waals surface area contributed by atoms with Crippen LogP contribution in [0.2, 0.25) is 10.0 Å². The van der Waals surface area contributed by atoms with Crippen molar-refractivity contribution in [2.24, 2.45) is 5.41 Å². The third kappa shape index (κ3) is 6.79. The minimum Gasteiger partial charge on any atom is -0.429 e. The maximum Gasteiger partial charge on any atom is 0.414 e. The highest BCUT2D eigenvalue weighted by Gasteiger charge is 2.59. The summed E-state index contributed by atoms with van der Waals surface area (Å²) in [5, 5.41) is 32.6. The van der Waals surface area contributed by atoms with Crippen molar-refractivity contribution in [1.29, 1.82) is 5.26 Å². The van der Waals surface area contributed by atoms with E-state index in [0.29, 0.717) is 16.5 Å². The zero-order chi connectivity index (χ0) is 29.3. The van der Waals surface area contributed by atoms with Gasteiger partial charge in [0.05, 0.1) is 24.1 Å². The van der Waals surface area contributed by atoms with E-state index in [1.807, 2.05) is 30.3 Å². The van der Waals surface area contributed by atoms with Crippen LogP contribution in [0, 0.1) is 16.7 Å². The lowest BCUT2D eigenvalue weighted by Crippen LogP contribution is -2.44. The largest absolute Gasteiger partial charge is 0.429 e. The summed E-state index contributed by atoms with van der Waals surface area (Å²) in [5.41, 5.74) is -0.688. The lowest BCUT2D eigenvalue weighted by atomic mass is 9.64. The highest BCUT2D eigenvalue weighted by Crippen LogP contribution is 2.51. The number of hydrogen-bond donors (Lipinski definition) is 3. The van der Waals surface area contributed by atoms with Crippen molar-refractivity contribution < 1.29 is 14.6 Å². The number of ether oxygens (including phenoxy) is 1. The number of aliphatic hydroxyl groups is 1. The van der Waals surface area contributed by atoms with Crippen molar-refractivity contribution >= 4 is 35.1 Å². The van der Waals surface area contributed by atoms with Crippen LogP contribution in [0.25, 0.3) is 0 Å². The molecule has 0 bridgehead atoms. The third-order valence-corrected chi connectivity index (χ3v) is 7.38. The van der Waals surface area contributed by atoms with Crippen LogP contribution in [0.1, 0.15) is 58.1 Å². The molecule has 0 radical (unpaired) electrons.